The Morgan fingerprint density at radius 3 is 2.91 bits per heavy atom. The maximum absolute atomic E-state index is 5.54. The number of nitrogens with zero attached hydrogens (tertiary/aromatic N) is 2. The van der Waals surface area contributed by atoms with Gasteiger partial charge in [0.15, 0.2) is 5.13 Å². The molecular weight excluding hydrogens is 158 g/mol. The zero-order valence-electron chi connectivity index (χ0n) is 6.87. The number of aromatic nitrogens is 1. The van der Waals surface area contributed by atoms with E-state index in [4.69, 9.17) is 5.73 Å². The van der Waals surface area contributed by atoms with Gasteiger partial charge in [-0.05, 0) is 6.42 Å². The number of nitrogens with two attached hydrogens (primary N) is 1. The van der Waals surface area contributed by atoms with Crippen LogP contribution in [0.3, 0.4) is 0 Å². The Balaban J connectivity index is 2.60. The van der Waals surface area contributed by atoms with Crippen molar-refractivity contribution in [1.29, 1.82) is 0 Å². The van der Waals surface area contributed by atoms with Crippen LogP contribution in [0, 0.1) is 0 Å². The molecule has 2 N–H and O–H groups in total. The van der Waals surface area contributed by atoms with Crippen LogP contribution in [-0.4, -0.2) is 18.6 Å². The summed E-state index contributed by atoms with van der Waals surface area (Å²) in [6.07, 6.45) is 2.84. The van der Waals surface area contributed by atoms with E-state index in [-0.39, 0.29) is 0 Å². The molecule has 1 heterocycles. The SMILES string of the molecule is CCCN(C)c1ncc(N)s1. The van der Waals surface area contributed by atoms with Crippen molar-refractivity contribution >= 4 is 21.5 Å². The molecule has 62 valence electrons. The quantitative estimate of drug-likeness (QED) is 0.750. The second-order valence-electron chi connectivity index (χ2n) is 2.47. The lowest BCUT2D eigenvalue weighted by atomic mass is 10.5. The van der Waals surface area contributed by atoms with E-state index in [1.54, 1.807) is 6.20 Å². The Morgan fingerprint density at radius 2 is 2.45 bits per heavy atom. The highest BCUT2D eigenvalue weighted by Crippen LogP contribution is 2.22. The highest BCUT2D eigenvalue weighted by molar-refractivity contribution is 7.19. The van der Waals surface area contributed by atoms with Crippen LogP contribution in [0.1, 0.15) is 13.3 Å². The summed E-state index contributed by atoms with van der Waals surface area (Å²) in [5, 5.41) is 1.78. The summed E-state index contributed by atoms with van der Waals surface area (Å²) in [6.45, 7) is 3.18. The fourth-order valence-electron chi connectivity index (χ4n) is 0.884. The minimum Gasteiger partial charge on any atom is -0.389 e. The summed E-state index contributed by atoms with van der Waals surface area (Å²) in [5.74, 6) is 0. The normalized spacial score (nSPS) is 10.0. The fraction of sp³-hybridized carbons (Fsp3) is 0.571. The van der Waals surface area contributed by atoms with E-state index >= 15 is 0 Å². The molecule has 0 aromatic carbocycles. The minimum atomic E-state index is 0.781. The molecule has 1 aromatic heterocycles. The van der Waals surface area contributed by atoms with Crippen LogP contribution in [0.5, 0.6) is 0 Å². The maximum atomic E-state index is 5.54. The van der Waals surface area contributed by atoms with Crippen LogP contribution in [0.4, 0.5) is 10.1 Å². The first-order valence-electron chi connectivity index (χ1n) is 3.66. The summed E-state index contributed by atoms with van der Waals surface area (Å²) in [5.41, 5.74) is 5.54. The van der Waals surface area contributed by atoms with Gasteiger partial charge in [0.25, 0.3) is 0 Å². The lowest BCUT2D eigenvalue weighted by Crippen LogP contribution is -2.17. The minimum absolute atomic E-state index is 0.781. The van der Waals surface area contributed by atoms with Crippen LogP contribution >= 0.6 is 11.3 Å². The molecule has 0 fully saturated rings. The first-order valence-corrected chi connectivity index (χ1v) is 4.48. The summed E-state index contributed by atoms with van der Waals surface area (Å²) in [4.78, 5) is 6.27. The molecule has 0 spiro atoms. The molecule has 0 atom stereocenters. The number of thiazole rings is 1. The predicted molar refractivity (Wildman–Crippen MR) is 50.1 cm³/mol. The number of nitrogen functional groups attached to an aromatic ring is 1. The lowest BCUT2D eigenvalue weighted by molar-refractivity contribution is 0.848. The molecule has 1 aromatic rings. The average molecular weight is 171 g/mol. The first-order chi connectivity index (χ1) is 5.24. The summed E-state index contributed by atoms with van der Waals surface area (Å²) in [7, 11) is 2.03. The van der Waals surface area contributed by atoms with Gasteiger partial charge in [-0.1, -0.05) is 18.3 Å². The smallest absolute Gasteiger partial charge is 0.186 e. The van der Waals surface area contributed by atoms with Gasteiger partial charge in [-0.15, -0.1) is 0 Å². The Kier molecular flexibility index (Phi) is 2.70. The molecule has 1 rings (SSSR count). The molecular formula is C7H13N3S. The third-order valence-electron chi connectivity index (χ3n) is 1.40. The zero-order valence-corrected chi connectivity index (χ0v) is 7.69. The van der Waals surface area contributed by atoms with E-state index in [9.17, 15) is 0 Å². The van der Waals surface area contributed by atoms with Crippen molar-refractivity contribution in [2.45, 2.75) is 13.3 Å². The van der Waals surface area contributed by atoms with E-state index in [1.807, 2.05) is 7.05 Å². The van der Waals surface area contributed by atoms with Crippen LogP contribution in [-0.2, 0) is 0 Å². The summed E-state index contributed by atoms with van der Waals surface area (Å²) >= 11 is 1.53. The van der Waals surface area contributed by atoms with Gasteiger partial charge in [0.1, 0.15) is 5.00 Å². The van der Waals surface area contributed by atoms with Crippen molar-refractivity contribution in [3.8, 4) is 0 Å². The molecule has 0 saturated carbocycles. The Morgan fingerprint density at radius 1 is 1.73 bits per heavy atom. The van der Waals surface area contributed by atoms with Gasteiger partial charge in [0, 0.05) is 13.6 Å². The molecule has 0 unspecified atom stereocenters. The van der Waals surface area contributed by atoms with Crippen molar-refractivity contribution in [2.75, 3.05) is 24.2 Å². The molecule has 0 radical (unpaired) electrons. The van der Waals surface area contributed by atoms with Crippen molar-refractivity contribution in [3.05, 3.63) is 6.20 Å². The number of anilines is 2. The van der Waals surface area contributed by atoms with Crippen LogP contribution in [0.15, 0.2) is 6.20 Å². The molecule has 0 aliphatic rings. The van der Waals surface area contributed by atoms with Crippen molar-refractivity contribution < 1.29 is 0 Å². The second-order valence-corrected chi connectivity index (χ2v) is 3.51. The van der Waals surface area contributed by atoms with E-state index in [0.29, 0.717) is 0 Å². The van der Waals surface area contributed by atoms with Gasteiger partial charge < -0.3 is 10.6 Å². The molecule has 3 nitrogen and oxygen atoms in total. The number of hydrogen-bond donors (Lipinski definition) is 1. The van der Waals surface area contributed by atoms with Gasteiger partial charge in [-0.3, -0.25) is 0 Å². The van der Waals surface area contributed by atoms with E-state index < -0.39 is 0 Å². The van der Waals surface area contributed by atoms with Crippen molar-refractivity contribution in [3.63, 3.8) is 0 Å². The average Bonchev–Trinajstić information content (AvgIpc) is 2.36. The third kappa shape index (κ3) is 2.08. The number of rotatable bonds is 3. The predicted octanol–water partition coefficient (Wildman–Crippen LogP) is 1.57. The van der Waals surface area contributed by atoms with Crippen molar-refractivity contribution in [1.82, 2.24) is 4.98 Å². The maximum Gasteiger partial charge on any atom is 0.186 e. The van der Waals surface area contributed by atoms with Gasteiger partial charge >= 0.3 is 0 Å². The molecule has 0 bridgehead atoms. The molecule has 0 saturated heterocycles. The standard InChI is InChI=1S/C7H13N3S/c1-3-4-10(2)7-9-5-6(8)11-7/h5H,3-4,8H2,1-2H3. The van der Waals surface area contributed by atoms with Gasteiger partial charge in [-0.25, -0.2) is 4.98 Å². The van der Waals surface area contributed by atoms with E-state index in [1.165, 1.54) is 11.3 Å². The second kappa shape index (κ2) is 3.57. The number of hydrogen-bond acceptors (Lipinski definition) is 4. The topological polar surface area (TPSA) is 42.2 Å². The molecule has 0 amide bonds. The highest BCUT2D eigenvalue weighted by atomic mass is 32.1. The van der Waals surface area contributed by atoms with Crippen LogP contribution < -0.4 is 10.6 Å². The summed E-state index contributed by atoms with van der Waals surface area (Å²) < 4.78 is 0. The Bertz CT molecular complexity index is 221. The van der Waals surface area contributed by atoms with E-state index in [0.717, 1.165) is 23.1 Å². The van der Waals surface area contributed by atoms with Gasteiger partial charge in [-0.2, -0.15) is 0 Å². The highest BCUT2D eigenvalue weighted by Gasteiger charge is 2.02. The Hall–Kier alpha value is -0.770. The molecule has 11 heavy (non-hydrogen) atoms. The summed E-state index contributed by atoms with van der Waals surface area (Å²) in [6, 6.07) is 0. The van der Waals surface area contributed by atoms with Gasteiger partial charge in [0.05, 0.1) is 6.20 Å². The van der Waals surface area contributed by atoms with Crippen LogP contribution in [0.25, 0.3) is 0 Å². The van der Waals surface area contributed by atoms with Crippen molar-refractivity contribution in [2.24, 2.45) is 0 Å². The van der Waals surface area contributed by atoms with E-state index in [2.05, 4.69) is 16.8 Å². The Labute approximate surface area is 70.9 Å². The molecule has 0 aliphatic carbocycles. The third-order valence-corrected chi connectivity index (χ3v) is 2.34. The van der Waals surface area contributed by atoms with Gasteiger partial charge in [0.2, 0.25) is 0 Å². The largest absolute Gasteiger partial charge is 0.389 e. The molecule has 0 aliphatic heterocycles. The zero-order chi connectivity index (χ0) is 8.27. The lowest BCUT2D eigenvalue weighted by Gasteiger charge is -2.13. The monoisotopic (exact) mass is 171 g/mol. The fourth-order valence-corrected chi connectivity index (χ4v) is 1.55. The van der Waals surface area contributed by atoms with Crippen LogP contribution in [0.2, 0.25) is 0 Å². The first kappa shape index (κ1) is 8.33. The molecule has 4 heteroatoms.